The van der Waals surface area contributed by atoms with Crippen LogP contribution in [0.4, 0.5) is 0 Å². The molecule has 1 fully saturated rings. The first-order valence-electron chi connectivity index (χ1n) is 8.75. The molecule has 0 aromatic heterocycles. The molecule has 1 saturated carbocycles. The third kappa shape index (κ3) is 7.28. The molecule has 3 heteroatoms. The van der Waals surface area contributed by atoms with Crippen LogP contribution in [0.25, 0.3) is 0 Å². The maximum Gasteiger partial charge on any atom is 0.223 e. The van der Waals surface area contributed by atoms with Crippen molar-refractivity contribution in [2.24, 2.45) is 17.6 Å². The zero-order valence-corrected chi connectivity index (χ0v) is 13.3. The fourth-order valence-electron chi connectivity index (χ4n) is 3.29. The lowest BCUT2D eigenvalue weighted by molar-refractivity contribution is -0.126. The van der Waals surface area contributed by atoms with Crippen LogP contribution in [0.2, 0.25) is 0 Å². The van der Waals surface area contributed by atoms with Gasteiger partial charge in [-0.1, -0.05) is 51.9 Å². The summed E-state index contributed by atoms with van der Waals surface area (Å²) < 4.78 is 0. The summed E-state index contributed by atoms with van der Waals surface area (Å²) in [6.45, 7) is 3.86. The third-order valence-corrected chi connectivity index (χ3v) is 4.56. The fourth-order valence-corrected chi connectivity index (χ4v) is 3.29. The lowest BCUT2D eigenvalue weighted by Gasteiger charge is -2.28. The number of nitrogens with two attached hydrogens (primary N) is 1. The van der Waals surface area contributed by atoms with Crippen molar-refractivity contribution in [1.82, 2.24) is 5.32 Å². The van der Waals surface area contributed by atoms with Crippen molar-refractivity contribution in [3.8, 4) is 0 Å². The second-order valence-corrected chi connectivity index (χ2v) is 6.37. The molecule has 2 unspecified atom stereocenters. The predicted octanol–water partition coefficient (Wildman–Crippen LogP) is 3.62. The molecule has 0 aliphatic heterocycles. The van der Waals surface area contributed by atoms with Crippen LogP contribution in [0.15, 0.2) is 0 Å². The van der Waals surface area contributed by atoms with Gasteiger partial charge in [0.1, 0.15) is 0 Å². The summed E-state index contributed by atoms with van der Waals surface area (Å²) >= 11 is 0. The first-order chi connectivity index (χ1) is 9.77. The zero-order valence-electron chi connectivity index (χ0n) is 13.3. The van der Waals surface area contributed by atoms with Crippen LogP contribution >= 0.6 is 0 Å². The standard InChI is InChI=1S/C17H34N2O/c1-2-3-4-5-6-7-13-19-17(20)16-10-8-9-15(14-16)11-12-18/h15-16H,2-14,18H2,1H3,(H,19,20). The second-order valence-electron chi connectivity index (χ2n) is 6.37. The van der Waals surface area contributed by atoms with E-state index in [0.717, 1.165) is 38.8 Å². The second kappa shape index (κ2) is 11.1. The van der Waals surface area contributed by atoms with Crippen LogP contribution < -0.4 is 11.1 Å². The highest BCUT2D eigenvalue weighted by Gasteiger charge is 2.26. The Bertz CT molecular complexity index is 253. The summed E-state index contributed by atoms with van der Waals surface area (Å²) in [6.07, 6.45) is 13.3. The third-order valence-electron chi connectivity index (χ3n) is 4.56. The van der Waals surface area contributed by atoms with Gasteiger partial charge in [-0.2, -0.15) is 0 Å². The molecule has 0 heterocycles. The molecule has 0 aromatic rings. The average molecular weight is 282 g/mol. The van der Waals surface area contributed by atoms with Gasteiger partial charge in [-0.05, 0) is 38.1 Å². The van der Waals surface area contributed by atoms with Gasteiger partial charge in [-0.3, -0.25) is 4.79 Å². The van der Waals surface area contributed by atoms with Crippen molar-refractivity contribution in [3.05, 3.63) is 0 Å². The van der Waals surface area contributed by atoms with Crippen molar-refractivity contribution >= 4 is 5.91 Å². The Kier molecular flexibility index (Phi) is 9.73. The van der Waals surface area contributed by atoms with E-state index < -0.39 is 0 Å². The molecule has 1 amide bonds. The highest BCUT2D eigenvalue weighted by atomic mass is 16.1. The summed E-state index contributed by atoms with van der Waals surface area (Å²) in [7, 11) is 0. The fraction of sp³-hybridized carbons (Fsp3) is 0.941. The molecule has 1 aliphatic carbocycles. The molecule has 0 saturated heterocycles. The molecule has 0 bridgehead atoms. The summed E-state index contributed by atoms with van der Waals surface area (Å²) in [4.78, 5) is 12.1. The van der Waals surface area contributed by atoms with Crippen LogP contribution in [0.3, 0.4) is 0 Å². The monoisotopic (exact) mass is 282 g/mol. The largest absolute Gasteiger partial charge is 0.356 e. The van der Waals surface area contributed by atoms with Crippen LogP contribution in [-0.4, -0.2) is 19.0 Å². The maximum atomic E-state index is 12.1. The summed E-state index contributed by atoms with van der Waals surface area (Å²) in [5, 5.41) is 3.14. The molecule has 20 heavy (non-hydrogen) atoms. The quantitative estimate of drug-likeness (QED) is 0.601. The van der Waals surface area contributed by atoms with E-state index in [9.17, 15) is 4.79 Å². The molecule has 1 aliphatic rings. The number of hydrogen-bond donors (Lipinski definition) is 2. The van der Waals surface area contributed by atoms with Crippen LogP contribution in [0.5, 0.6) is 0 Å². The van der Waals surface area contributed by atoms with Gasteiger partial charge in [0.25, 0.3) is 0 Å². The average Bonchev–Trinajstić information content (AvgIpc) is 2.47. The Morgan fingerprint density at radius 1 is 1.15 bits per heavy atom. The highest BCUT2D eigenvalue weighted by molar-refractivity contribution is 5.78. The number of carbonyl (C=O) groups is 1. The Hall–Kier alpha value is -0.570. The summed E-state index contributed by atoms with van der Waals surface area (Å²) in [5.74, 6) is 1.22. The normalized spacial score (nSPS) is 22.7. The van der Waals surface area contributed by atoms with Gasteiger partial charge >= 0.3 is 0 Å². The molecule has 0 aromatic carbocycles. The molecule has 1 rings (SSSR count). The van der Waals surface area contributed by atoms with E-state index in [-0.39, 0.29) is 5.92 Å². The minimum Gasteiger partial charge on any atom is -0.356 e. The topological polar surface area (TPSA) is 55.1 Å². The number of rotatable bonds is 10. The molecular weight excluding hydrogens is 248 g/mol. The summed E-state index contributed by atoms with van der Waals surface area (Å²) in [6, 6.07) is 0. The van der Waals surface area contributed by atoms with Gasteiger partial charge in [0.2, 0.25) is 5.91 Å². The van der Waals surface area contributed by atoms with E-state index in [1.54, 1.807) is 0 Å². The van der Waals surface area contributed by atoms with Crippen LogP contribution in [0.1, 0.15) is 77.6 Å². The number of amides is 1. The van der Waals surface area contributed by atoms with E-state index in [0.29, 0.717) is 11.8 Å². The van der Waals surface area contributed by atoms with Crippen LogP contribution in [0, 0.1) is 11.8 Å². The Morgan fingerprint density at radius 3 is 2.65 bits per heavy atom. The van der Waals surface area contributed by atoms with Gasteiger partial charge in [-0.15, -0.1) is 0 Å². The summed E-state index contributed by atoms with van der Waals surface area (Å²) in [5.41, 5.74) is 5.63. The Balaban J connectivity index is 2.06. The van der Waals surface area contributed by atoms with Gasteiger partial charge in [0.05, 0.1) is 0 Å². The SMILES string of the molecule is CCCCCCCCNC(=O)C1CCCC(CCN)C1. The molecule has 0 radical (unpaired) electrons. The lowest BCUT2D eigenvalue weighted by Crippen LogP contribution is -2.34. The molecule has 118 valence electrons. The first-order valence-corrected chi connectivity index (χ1v) is 8.75. The van der Waals surface area contributed by atoms with Crippen molar-refractivity contribution in [3.63, 3.8) is 0 Å². The number of unbranched alkanes of at least 4 members (excludes halogenated alkanes) is 5. The van der Waals surface area contributed by atoms with E-state index in [2.05, 4.69) is 12.2 Å². The molecule has 3 N–H and O–H groups in total. The van der Waals surface area contributed by atoms with E-state index in [1.165, 1.54) is 44.9 Å². The maximum absolute atomic E-state index is 12.1. The smallest absolute Gasteiger partial charge is 0.223 e. The van der Waals surface area contributed by atoms with Crippen molar-refractivity contribution < 1.29 is 4.79 Å². The van der Waals surface area contributed by atoms with Crippen molar-refractivity contribution in [1.29, 1.82) is 0 Å². The van der Waals surface area contributed by atoms with Gasteiger partial charge in [0.15, 0.2) is 0 Å². The lowest BCUT2D eigenvalue weighted by atomic mass is 9.79. The zero-order chi connectivity index (χ0) is 14.6. The molecule has 2 atom stereocenters. The minimum atomic E-state index is 0.250. The first kappa shape index (κ1) is 17.5. The minimum absolute atomic E-state index is 0.250. The Morgan fingerprint density at radius 2 is 1.90 bits per heavy atom. The molecule has 3 nitrogen and oxygen atoms in total. The van der Waals surface area contributed by atoms with Crippen LogP contribution in [-0.2, 0) is 4.79 Å². The van der Waals surface area contributed by atoms with Gasteiger partial charge in [-0.25, -0.2) is 0 Å². The predicted molar refractivity (Wildman–Crippen MR) is 85.5 cm³/mol. The van der Waals surface area contributed by atoms with E-state index in [4.69, 9.17) is 5.73 Å². The molecule has 0 spiro atoms. The van der Waals surface area contributed by atoms with Crippen molar-refractivity contribution in [2.75, 3.05) is 13.1 Å². The number of nitrogens with one attached hydrogen (secondary N) is 1. The van der Waals surface area contributed by atoms with E-state index in [1.807, 2.05) is 0 Å². The highest BCUT2D eigenvalue weighted by Crippen LogP contribution is 2.30. The van der Waals surface area contributed by atoms with E-state index >= 15 is 0 Å². The van der Waals surface area contributed by atoms with Gasteiger partial charge < -0.3 is 11.1 Å². The molecular formula is C17H34N2O. The van der Waals surface area contributed by atoms with Crippen molar-refractivity contribution in [2.45, 2.75) is 77.6 Å². The Labute approximate surface area is 125 Å². The number of carbonyl (C=O) groups excluding carboxylic acids is 1. The van der Waals surface area contributed by atoms with Gasteiger partial charge in [0, 0.05) is 12.5 Å². The number of hydrogen-bond acceptors (Lipinski definition) is 2.